The average Bonchev–Trinajstić information content (AvgIpc) is 3.24. The first-order chi connectivity index (χ1) is 16.9. The molecule has 35 heavy (non-hydrogen) atoms. The zero-order valence-electron chi connectivity index (χ0n) is 19.8. The number of amides is 2. The van der Waals surface area contributed by atoms with Crippen LogP contribution >= 0.6 is 11.8 Å². The van der Waals surface area contributed by atoms with Crippen LogP contribution in [0.5, 0.6) is 0 Å². The largest absolute Gasteiger partial charge is 0.445 e. The lowest BCUT2D eigenvalue weighted by Gasteiger charge is -2.37. The summed E-state index contributed by atoms with van der Waals surface area (Å²) in [6, 6.07) is 31.0. The van der Waals surface area contributed by atoms with Crippen LogP contribution in [0.25, 0.3) is 0 Å². The second-order valence-electron chi connectivity index (χ2n) is 8.84. The van der Waals surface area contributed by atoms with Gasteiger partial charge in [-0.3, -0.25) is 9.69 Å². The summed E-state index contributed by atoms with van der Waals surface area (Å²) < 4.78 is 4.74. The van der Waals surface area contributed by atoms with Crippen LogP contribution in [0.2, 0.25) is 0 Å². The highest BCUT2D eigenvalue weighted by Gasteiger charge is 2.52. The standard InChI is InChI=1S/C29H30N2O3S/c1-3-19-34-27(33)31-21-25(20-28(31,2)26(30)32)35-29(22-13-7-4-8-14-22,23-15-9-5-10-16-23)24-17-11-6-12-18-24/h3-18,25H,1,19-21H2,2H3,(H2,30,32)/t25-,28+/m0/s1. The van der Waals surface area contributed by atoms with Crippen molar-refractivity contribution in [2.45, 2.75) is 28.9 Å². The van der Waals surface area contributed by atoms with Crippen molar-refractivity contribution in [3.8, 4) is 0 Å². The van der Waals surface area contributed by atoms with E-state index in [1.165, 1.54) is 11.0 Å². The van der Waals surface area contributed by atoms with Crippen molar-refractivity contribution in [3.05, 3.63) is 120 Å². The summed E-state index contributed by atoms with van der Waals surface area (Å²) in [7, 11) is 0. The van der Waals surface area contributed by atoms with E-state index in [9.17, 15) is 9.59 Å². The van der Waals surface area contributed by atoms with Crippen molar-refractivity contribution in [1.82, 2.24) is 4.90 Å². The van der Waals surface area contributed by atoms with Crippen LogP contribution in [0.4, 0.5) is 4.79 Å². The van der Waals surface area contributed by atoms with Gasteiger partial charge in [-0.1, -0.05) is 104 Å². The first kappa shape index (κ1) is 24.6. The summed E-state index contributed by atoms with van der Waals surface area (Å²) in [5.74, 6) is -0.541. The van der Waals surface area contributed by atoms with Crippen molar-refractivity contribution in [2.24, 2.45) is 5.73 Å². The molecular formula is C29H30N2O3S. The number of hydrogen-bond donors (Lipinski definition) is 1. The minimum Gasteiger partial charge on any atom is -0.445 e. The summed E-state index contributed by atoms with van der Waals surface area (Å²) in [6.45, 7) is 5.74. The monoisotopic (exact) mass is 486 g/mol. The van der Waals surface area contributed by atoms with E-state index in [-0.39, 0.29) is 11.9 Å². The minimum atomic E-state index is -1.15. The molecule has 4 rings (SSSR count). The Morgan fingerprint density at radius 1 is 1.00 bits per heavy atom. The molecule has 1 heterocycles. The fraction of sp³-hybridized carbons (Fsp3) is 0.241. The summed E-state index contributed by atoms with van der Waals surface area (Å²) >= 11 is 1.75. The van der Waals surface area contributed by atoms with Crippen LogP contribution in [0.3, 0.4) is 0 Å². The maximum absolute atomic E-state index is 12.9. The zero-order valence-corrected chi connectivity index (χ0v) is 20.6. The molecule has 3 aromatic rings. The second kappa shape index (κ2) is 10.4. The molecule has 0 aliphatic carbocycles. The van der Waals surface area contributed by atoms with Crippen LogP contribution in [0, 0.1) is 0 Å². The van der Waals surface area contributed by atoms with Gasteiger partial charge in [0.2, 0.25) is 5.91 Å². The van der Waals surface area contributed by atoms with Crippen LogP contribution < -0.4 is 5.73 Å². The molecule has 5 nitrogen and oxygen atoms in total. The Hall–Kier alpha value is -3.51. The van der Waals surface area contributed by atoms with Crippen LogP contribution in [0.15, 0.2) is 104 Å². The SMILES string of the molecule is C=CCOC(=O)N1C[C@@H](SC(c2ccccc2)(c2ccccc2)c2ccccc2)C[C@]1(C)C(N)=O. The highest BCUT2D eigenvalue weighted by molar-refractivity contribution is 8.01. The number of thioether (sulfide) groups is 1. The van der Waals surface area contributed by atoms with Crippen molar-refractivity contribution >= 4 is 23.8 Å². The van der Waals surface area contributed by atoms with Gasteiger partial charge in [-0.15, -0.1) is 11.8 Å². The molecule has 1 fully saturated rings. The van der Waals surface area contributed by atoms with E-state index in [4.69, 9.17) is 10.5 Å². The van der Waals surface area contributed by atoms with E-state index in [1.54, 1.807) is 18.7 Å². The van der Waals surface area contributed by atoms with Gasteiger partial charge in [-0.05, 0) is 30.0 Å². The lowest BCUT2D eigenvalue weighted by molar-refractivity contribution is -0.126. The molecule has 0 spiro atoms. The number of ether oxygens (including phenoxy) is 1. The van der Waals surface area contributed by atoms with Gasteiger partial charge in [0.1, 0.15) is 12.1 Å². The van der Waals surface area contributed by atoms with E-state index in [1.807, 2.05) is 54.6 Å². The predicted octanol–water partition coefficient (Wildman–Crippen LogP) is 5.35. The van der Waals surface area contributed by atoms with Crippen molar-refractivity contribution in [2.75, 3.05) is 13.2 Å². The van der Waals surface area contributed by atoms with Crippen molar-refractivity contribution in [1.29, 1.82) is 0 Å². The number of hydrogen-bond acceptors (Lipinski definition) is 4. The van der Waals surface area contributed by atoms with Crippen LogP contribution in [-0.2, 0) is 14.3 Å². The highest BCUT2D eigenvalue weighted by Crippen LogP contribution is 2.53. The van der Waals surface area contributed by atoms with Gasteiger partial charge in [-0.25, -0.2) is 4.79 Å². The molecule has 1 saturated heterocycles. The maximum atomic E-state index is 12.9. The number of nitrogens with two attached hydrogens (primary N) is 1. The van der Waals surface area contributed by atoms with Gasteiger partial charge in [0, 0.05) is 11.8 Å². The van der Waals surface area contributed by atoms with E-state index in [0.29, 0.717) is 13.0 Å². The first-order valence-electron chi connectivity index (χ1n) is 11.6. The van der Waals surface area contributed by atoms with E-state index >= 15 is 0 Å². The maximum Gasteiger partial charge on any atom is 0.411 e. The third kappa shape index (κ3) is 4.71. The Morgan fingerprint density at radius 2 is 1.46 bits per heavy atom. The number of carbonyl (C=O) groups is 2. The number of likely N-dealkylation sites (tertiary alicyclic amines) is 1. The van der Waals surface area contributed by atoms with Gasteiger partial charge < -0.3 is 10.5 Å². The first-order valence-corrected chi connectivity index (χ1v) is 12.5. The Bertz CT molecular complexity index is 1070. The Kier molecular flexibility index (Phi) is 7.31. The molecule has 0 radical (unpaired) electrons. The Labute approximate surface area is 211 Å². The van der Waals surface area contributed by atoms with Gasteiger partial charge >= 0.3 is 6.09 Å². The third-order valence-corrected chi connectivity index (χ3v) is 8.28. The molecular weight excluding hydrogens is 456 g/mol. The number of rotatable bonds is 8. The Morgan fingerprint density at radius 3 is 1.86 bits per heavy atom. The smallest absolute Gasteiger partial charge is 0.411 e. The molecule has 180 valence electrons. The molecule has 6 heteroatoms. The van der Waals surface area contributed by atoms with Gasteiger partial charge in [0.05, 0.1) is 4.75 Å². The molecule has 2 amide bonds. The topological polar surface area (TPSA) is 72.6 Å². The third-order valence-electron chi connectivity index (χ3n) is 6.57. The molecule has 0 aromatic heterocycles. The molecule has 0 saturated carbocycles. The highest BCUT2D eigenvalue weighted by atomic mass is 32.2. The van der Waals surface area contributed by atoms with Crippen LogP contribution in [0.1, 0.15) is 30.0 Å². The summed E-state index contributed by atoms with van der Waals surface area (Å²) in [5, 5.41) is -0.0793. The molecule has 2 N–H and O–H groups in total. The molecule has 3 aromatic carbocycles. The number of carbonyl (C=O) groups excluding carboxylic acids is 2. The van der Waals surface area contributed by atoms with Gasteiger partial charge in [0.25, 0.3) is 0 Å². The molecule has 0 unspecified atom stereocenters. The lowest BCUT2D eigenvalue weighted by atomic mass is 9.84. The fourth-order valence-corrected chi connectivity index (χ4v) is 6.74. The van der Waals surface area contributed by atoms with E-state index < -0.39 is 22.3 Å². The van der Waals surface area contributed by atoms with E-state index in [0.717, 1.165) is 16.7 Å². The summed E-state index contributed by atoms with van der Waals surface area (Å²) in [4.78, 5) is 26.9. The quantitative estimate of drug-likeness (QED) is 0.344. The Balaban J connectivity index is 1.82. The fourth-order valence-electron chi connectivity index (χ4n) is 4.79. The summed E-state index contributed by atoms with van der Waals surface area (Å²) in [6.07, 6.45) is 1.37. The van der Waals surface area contributed by atoms with Gasteiger partial charge in [0.15, 0.2) is 0 Å². The minimum absolute atomic E-state index is 0.0734. The number of benzene rings is 3. The predicted molar refractivity (Wildman–Crippen MR) is 141 cm³/mol. The van der Waals surface area contributed by atoms with E-state index in [2.05, 4.69) is 43.0 Å². The van der Waals surface area contributed by atoms with Crippen molar-refractivity contribution < 1.29 is 14.3 Å². The number of primary amides is 1. The molecule has 1 aliphatic rings. The second-order valence-corrected chi connectivity index (χ2v) is 10.4. The molecule has 0 bridgehead atoms. The lowest BCUT2D eigenvalue weighted by Crippen LogP contribution is -2.53. The average molecular weight is 487 g/mol. The normalized spacial score (nSPS) is 19.8. The molecule has 1 aliphatic heterocycles. The zero-order chi connectivity index (χ0) is 24.9. The number of nitrogens with zero attached hydrogens (tertiary/aromatic N) is 1. The van der Waals surface area contributed by atoms with Gasteiger partial charge in [-0.2, -0.15) is 0 Å². The van der Waals surface area contributed by atoms with Crippen LogP contribution in [-0.4, -0.2) is 40.8 Å². The molecule has 2 atom stereocenters. The van der Waals surface area contributed by atoms with Crippen molar-refractivity contribution in [3.63, 3.8) is 0 Å². The summed E-state index contributed by atoms with van der Waals surface area (Å²) in [5.41, 5.74) is 8.05.